The molecular weight excluding hydrogens is 210 g/mol. The molecule has 0 spiro atoms. The number of thioether (sulfide) groups is 1. The summed E-state index contributed by atoms with van der Waals surface area (Å²) in [5, 5.41) is 0. The minimum Gasteiger partial charge on any atom is -0.368 e. The molecular formula is C9H15N5S. The van der Waals surface area contributed by atoms with Crippen LogP contribution in [0.3, 0.4) is 0 Å². The zero-order chi connectivity index (χ0) is 10.7. The molecule has 1 aromatic heterocycles. The molecule has 0 amide bonds. The summed E-state index contributed by atoms with van der Waals surface area (Å²) in [6.07, 6.45) is 3.34. The molecule has 2 heterocycles. The second kappa shape index (κ2) is 4.65. The molecule has 0 saturated carbocycles. The fourth-order valence-electron chi connectivity index (χ4n) is 1.76. The molecule has 0 aromatic carbocycles. The van der Waals surface area contributed by atoms with E-state index in [1.54, 1.807) is 0 Å². The van der Waals surface area contributed by atoms with Gasteiger partial charge in [-0.3, -0.25) is 0 Å². The lowest BCUT2D eigenvalue weighted by Gasteiger charge is -2.20. The minimum absolute atomic E-state index is 0.225. The van der Waals surface area contributed by atoms with E-state index in [-0.39, 0.29) is 11.9 Å². The van der Waals surface area contributed by atoms with E-state index in [2.05, 4.69) is 15.0 Å². The van der Waals surface area contributed by atoms with Crippen molar-refractivity contribution in [2.24, 2.45) is 5.92 Å². The molecule has 2 rings (SSSR count). The Kier molecular flexibility index (Phi) is 3.25. The first-order valence-electron chi connectivity index (χ1n) is 5.07. The van der Waals surface area contributed by atoms with E-state index in [0.717, 1.165) is 12.2 Å². The van der Waals surface area contributed by atoms with Gasteiger partial charge in [0.25, 0.3) is 0 Å². The molecule has 6 heteroatoms. The van der Waals surface area contributed by atoms with Crippen molar-refractivity contribution in [3.05, 3.63) is 5.82 Å². The van der Waals surface area contributed by atoms with Gasteiger partial charge in [0.05, 0.1) is 0 Å². The first kappa shape index (κ1) is 10.5. The third kappa shape index (κ3) is 2.95. The molecule has 0 aliphatic carbocycles. The van der Waals surface area contributed by atoms with Crippen LogP contribution in [0.15, 0.2) is 0 Å². The van der Waals surface area contributed by atoms with Crippen LogP contribution in [0.5, 0.6) is 0 Å². The molecule has 0 unspecified atom stereocenters. The fraction of sp³-hybridized carbons (Fsp3) is 0.667. The van der Waals surface area contributed by atoms with Crippen molar-refractivity contribution >= 4 is 23.7 Å². The third-order valence-corrected chi connectivity index (χ3v) is 3.58. The van der Waals surface area contributed by atoms with Crippen molar-refractivity contribution in [3.8, 4) is 0 Å². The number of hydrogen-bond acceptors (Lipinski definition) is 6. The normalized spacial score (nSPS) is 17.9. The third-order valence-electron chi connectivity index (χ3n) is 2.53. The molecule has 1 aromatic rings. The molecule has 4 N–H and O–H groups in total. The van der Waals surface area contributed by atoms with E-state index >= 15 is 0 Å². The van der Waals surface area contributed by atoms with Gasteiger partial charge in [0.15, 0.2) is 0 Å². The number of nitrogen functional groups attached to an aromatic ring is 2. The quantitative estimate of drug-likeness (QED) is 0.770. The minimum atomic E-state index is 0.225. The van der Waals surface area contributed by atoms with Crippen molar-refractivity contribution in [1.29, 1.82) is 0 Å². The van der Waals surface area contributed by atoms with Crippen molar-refractivity contribution in [2.75, 3.05) is 23.0 Å². The Bertz CT molecular complexity index is 317. The lowest BCUT2D eigenvalue weighted by Crippen LogP contribution is -2.15. The highest BCUT2D eigenvalue weighted by Gasteiger charge is 2.16. The van der Waals surface area contributed by atoms with Crippen molar-refractivity contribution in [3.63, 3.8) is 0 Å². The Balaban J connectivity index is 2.02. The lowest BCUT2D eigenvalue weighted by molar-refractivity contribution is 0.476. The average Bonchev–Trinajstić information content (AvgIpc) is 2.17. The molecule has 1 saturated heterocycles. The summed E-state index contributed by atoms with van der Waals surface area (Å²) in [6.45, 7) is 0. The Hall–Kier alpha value is -1.04. The highest BCUT2D eigenvalue weighted by molar-refractivity contribution is 7.99. The van der Waals surface area contributed by atoms with Crippen LogP contribution in [0, 0.1) is 5.92 Å². The second-order valence-corrected chi connectivity index (χ2v) is 4.95. The van der Waals surface area contributed by atoms with Gasteiger partial charge in [-0.15, -0.1) is 0 Å². The summed E-state index contributed by atoms with van der Waals surface area (Å²) in [5.74, 6) is 4.33. The summed E-state index contributed by atoms with van der Waals surface area (Å²) in [5.41, 5.74) is 11.0. The highest BCUT2D eigenvalue weighted by atomic mass is 32.2. The Labute approximate surface area is 93.1 Å². The molecule has 1 aliphatic heterocycles. The summed E-state index contributed by atoms with van der Waals surface area (Å²) in [7, 11) is 0. The average molecular weight is 225 g/mol. The number of nitrogens with zero attached hydrogens (tertiary/aromatic N) is 3. The van der Waals surface area contributed by atoms with Gasteiger partial charge in [-0.1, -0.05) is 0 Å². The zero-order valence-corrected chi connectivity index (χ0v) is 9.33. The topological polar surface area (TPSA) is 90.7 Å². The largest absolute Gasteiger partial charge is 0.368 e. The van der Waals surface area contributed by atoms with Crippen molar-refractivity contribution in [1.82, 2.24) is 15.0 Å². The fourth-order valence-corrected chi connectivity index (χ4v) is 2.96. The van der Waals surface area contributed by atoms with E-state index in [1.807, 2.05) is 11.8 Å². The molecule has 0 bridgehead atoms. The maximum Gasteiger partial charge on any atom is 0.225 e. The van der Waals surface area contributed by atoms with Gasteiger partial charge in [-0.2, -0.15) is 26.7 Å². The highest BCUT2D eigenvalue weighted by Crippen LogP contribution is 2.25. The van der Waals surface area contributed by atoms with E-state index in [4.69, 9.17) is 11.5 Å². The van der Waals surface area contributed by atoms with E-state index < -0.39 is 0 Å². The van der Waals surface area contributed by atoms with Crippen LogP contribution < -0.4 is 11.5 Å². The molecule has 82 valence electrons. The first-order valence-corrected chi connectivity index (χ1v) is 6.23. The molecule has 5 nitrogen and oxygen atoms in total. The van der Waals surface area contributed by atoms with Crippen LogP contribution in [-0.4, -0.2) is 26.5 Å². The predicted molar refractivity (Wildman–Crippen MR) is 62.4 cm³/mol. The van der Waals surface area contributed by atoms with Gasteiger partial charge in [0, 0.05) is 6.42 Å². The number of anilines is 2. The summed E-state index contributed by atoms with van der Waals surface area (Å²) >= 11 is 2.01. The van der Waals surface area contributed by atoms with E-state index in [1.165, 1.54) is 24.3 Å². The Morgan fingerprint density at radius 2 is 1.67 bits per heavy atom. The van der Waals surface area contributed by atoms with Crippen LogP contribution in [-0.2, 0) is 6.42 Å². The molecule has 0 radical (unpaired) electrons. The van der Waals surface area contributed by atoms with Gasteiger partial charge < -0.3 is 11.5 Å². The number of nitrogens with two attached hydrogens (primary N) is 2. The number of rotatable bonds is 2. The number of aromatic nitrogens is 3. The Morgan fingerprint density at radius 3 is 2.27 bits per heavy atom. The first-order chi connectivity index (χ1) is 7.24. The summed E-state index contributed by atoms with van der Waals surface area (Å²) in [4.78, 5) is 12.0. The van der Waals surface area contributed by atoms with Crippen molar-refractivity contribution in [2.45, 2.75) is 19.3 Å². The Morgan fingerprint density at radius 1 is 1.07 bits per heavy atom. The molecule has 1 aliphatic rings. The van der Waals surface area contributed by atoms with E-state index in [9.17, 15) is 0 Å². The zero-order valence-electron chi connectivity index (χ0n) is 8.52. The smallest absolute Gasteiger partial charge is 0.225 e. The second-order valence-electron chi connectivity index (χ2n) is 3.73. The predicted octanol–water partition coefficient (Wildman–Crippen LogP) is 0.722. The molecule has 15 heavy (non-hydrogen) atoms. The summed E-state index contributed by atoms with van der Waals surface area (Å²) < 4.78 is 0. The number of hydrogen-bond donors (Lipinski definition) is 2. The SMILES string of the molecule is Nc1nc(N)nc(CC2CCSCC2)n1. The van der Waals surface area contributed by atoms with Gasteiger partial charge in [0.1, 0.15) is 5.82 Å². The molecule has 1 fully saturated rings. The van der Waals surface area contributed by atoms with Crippen LogP contribution in [0.1, 0.15) is 18.7 Å². The lowest BCUT2D eigenvalue weighted by atomic mass is 9.98. The molecule has 0 atom stereocenters. The maximum atomic E-state index is 5.52. The van der Waals surface area contributed by atoms with Crippen LogP contribution in [0.4, 0.5) is 11.9 Å². The monoisotopic (exact) mass is 225 g/mol. The van der Waals surface area contributed by atoms with Gasteiger partial charge in [-0.25, -0.2) is 0 Å². The van der Waals surface area contributed by atoms with Crippen LogP contribution in [0.25, 0.3) is 0 Å². The van der Waals surface area contributed by atoms with Crippen molar-refractivity contribution < 1.29 is 0 Å². The summed E-state index contributed by atoms with van der Waals surface area (Å²) in [6, 6.07) is 0. The van der Waals surface area contributed by atoms with Gasteiger partial charge in [-0.05, 0) is 30.3 Å². The standard InChI is InChI=1S/C9H15N5S/c10-8-12-7(13-9(11)14-8)5-6-1-3-15-4-2-6/h6H,1-5H2,(H4,10,11,12,13,14). The van der Waals surface area contributed by atoms with Gasteiger partial charge in [0.2, 0.25) is 11.9 Å². The maximum absolute atomic E-state index is 5.52. The van der Waals surface area contributed by atoms with Crippen LogP contribution in [0.2, 0.25) is 0 Å². The van der Waals surface area contributed by atoms with Crippen LogP contribution >= 0.6 is 11.8 Å². The van der Waals surface area contributed by atoms with E-state index in [0.29, 0.717) is 5.92 Å². The van der Waals surface area contributed by atoms with Gasteiger partial charge >= 0.3 is 0 Å².